The van der Waals surface area contributed by atoms with Crippen LogP contribution in [0.1, 0.15) is 30.6 Å². The summed E-state index contributed by atoms with van der Waals surface area (Å²) in [7, 11) is 3.60. The molecule has 0 aliphatic carbocycles. The summed E-state index contributed by atoms with van der Waals surface area (Å²) in [4.78, 5) is 4.58. The lowest BCUT2D eigenvalue weighted by atomic mass is 9.96. The molecule has 148 valence electrons. The highest BCUT2D eigenvalue weighted by Gasteiger charge is 2.23. The number of methoxy groups -OCH3 is 1. The van der Waals surface area contributed by atoms with Gasteiger partial charge in [0.1, 0.15) is 18.0 Å². The summed E-state index contributed by atoms with van der Waals surface area (Å²) >= 11 is 0. The van der Waals surface area contributed by atoms with Gasteiger partial charge in [0, 0.05) is 27.3 Å². The number of nitrogens with zero attached hydrogens (tertiary/aromatic N) is 4. The lowest BCUT2D eigenvalue weighted by Gasteiger charge is -2.25. The van der Waals surface area contributed by atoms with Gasteiger partial charge in [-0.2, -0.15) is 0 Å². The molecule has 0 amide bonds. The first kappa shape index (κ1) is 20.9. The zero-order valence-electron chi connectivity index (χ0n) is 16.6. The van der Waals surface area contributed by atoms with E-state index in [0.717, 1.165) is 23.6 Å². The van der Waals surface area contributed by atoms with Crippen LogP contribution in [-0.4, -0.2) is 52.6 Å². The number of ether oxygens (including phenoxy) is 1. The topological polar surface area (TPSA) is 96.6 Å². The molecule has 2 aromatic rings. The largest absolute Gasteiger partial charge is 0.385 e. The first-order chi connectivity index (χ1) is 12.9. The number of hydrogen-bond acceptors (Lipinski definition) is 5. The van der Waals surface area contributed by atoms with Crippen molar-refractivity contribution in [3.05, 3.63) is 47.5 Å². The van der Waals surface area contributed by atoms with Crippen LogP contribution in [0.2, 0.25) is 0 Å². The SMILES string of the molecule is COCCCNC(=NCc1nnc(C)n1C)NCC(C)(O)c1ccccc1. The molecule has 0 saturated carbocycles. The minimum Gasteiger partial charge on any atom is -0.385 e. The van der Waals surface area contributed by atoms with Crippen molar-refractivity contribution in [3.8, 4) is 0 Å². The molecule has 0 radical (unpaired) electrons. The van der Waals surface area contributed by atoms with Gasteiger partial charge in [0.05, 0.1) is 6.54 Å². The summed E-state index contributed by atoms with van der Waals surface area (Å²) in [6.07, 6.45) is 0.856. The van der Waals surface area contributed by atoms with Crippen LogP contribution in [0.15, 0.2) is 35.3 Å². The van der Waals surface area contributed by atoms with E-state index in [9.17, 15) is 5.11 Å². The minimum atomic E-state index is -1.02. The van der Waals surface area contributed by atoms with Gasteiger partial charge in [-0.25, -0.2) is 4.99 Å². The molecule has 8 nitrogen and oxygen atoms in total. The highest BCUT2D eigenvalue weighted by atomic mass is 16.5. The number of nitrogens with one attached hydrogen (secondary N) is 2. The maximum atomic E-state index is 10.8. The molecule has 1 aromatic carbocycles. The van der Waals surface area contributed by atoms with Crippen LogP contribution in [0.3, 0.4) is 0 Å². The Morgan fingerprint density at radius 1 is 1.26 bits per heavy atom. The van der Waals surface area contributed by atoms with E-state index in [1.165, 1.54) is 0 Å². The van der Waals surface area contributed by atoms with E-state index < -0.39 is 5.60 Å². The van der Waals surface area contributed by atoms with Gasteiger partial charge in [-0.3, -0.25) is 0 Å². The Morgan fingerprint density at radius 3 is 2.63 bits per heavy atom. The Hall–Kier alpha value is -2.45. The van der Waals surface area contributed by atoms with Crippen LogP contribution in [-0.2, 0) is 23.9 Å². The van der Waals surface area contributed by atoms with Gasteiger partial charge < -0.3 is 25.0 Å². The van der Waals surface area contributed by atoms with Gasteiger partial charge >= 0.3 is 0 Å². The number of aryl methyl sites for hydroxylation is 1. The van der Waals surface area contributed by atoms with Gasteiger partial charge in [0.15, 0.2) is 11.8 Å². The smallest absolute Gasteiger partial charge is 0.191 e. The fraction of sp³-hybridized carbons (Fsp3) is 0.526. The summed E-state index contributed by atoms with van der Waals surface area (Å²) in [5.41, 5.74) is -0.169. The number of rotatable bonds is 9. The zero-order chi connectivity index (χ0) is 19.7. The average Bonchev–Trinajstić information content (AvgIpc) is 2.99. The highest BCUT2D eigenvalue weighted by Crippen LogP contribution is 2.18. The zero-order valence-corrected chi connectivity index (χ0v) is 16.6. The van der Waals surface area contributed by atoms with Crippen molar-refractivity contribution < 1.29 is 9.84 Å². The molecule has 1 heterocycles. The molecule has 8 heteroatoms. The maximum Gasteiger partial charge on any atom is 0.191 e. The first-order valence-corrected chi connectivity index (χ1v) is 9.08. The van der Waals surface area contributed by atoms with E-state index in [1.807, 2.05) is 48.9 Å². The van der Waals surface area contributed by atoms with Crippen molar-refractivity contribution >= 4 is 5.96 Å². The number of guanidine groups is 1. The van der Waals surface area contributed by atoms with E-state index in [-0.39, 0.29) is 0 Å². The molecule has 0 aliphatic rings. The second-order valence-corrected chi connectivity index (χ2v) is 6.65. The number of aliphatic hydroxyl groups is 1. The molecule has 0 fully saturated rings. The predicted molar refractivity (Wildman–Crippen MR) is 105 cm³/mol. The molecule has 1 aromatic heterocycles. The monoisotopic (exact) mass is 374 g/mol. The summed E-state index contributed by atoms with van der Waals surface area (Å²) < 4.78 is 6.99. The van der Waals surface area contributed by atoms with E-state index in [2.05, 4.69) is 25.8 Å². The Bertz CT molecular complexity index is 727. The van der Waals surface area contributed by atoms with Crippen LogP contribution in [0.25, 0.3) is 0 Å². The normalized spacial score (nSPS) is 14.0. The number of benzene rings is 1. The molecular formula is C19H30N6O2. The van der Waals surface area contributed by atoms with Crippen LogP contribution in [0, 0.1) is 6.92 Å². The number of aliphatic imine (C=N–C) groups is 1. The third-order valence-electron chi connectivity index (χ3n) is 4.37. The molecule has 0 saturated heterocycles. The molecule has 27 heavy (non-hydrogen) atoms. The Labute approximate surface area is 160 Å². The summed E-state index contributed by atoms with van der Waals surface area (Å²) in [6.45, 7) is 5.79. The molecule has 0 bridgehead atoms. The van der Waals surface area contributed by atoms with Crippen molar-refractivity contribution in [2.24, 2.45) is 12.0 Å². The van der Waals surface area contributed by atoms with Crippen LogP contribution in [0.4, 0.5) is 0 Å². The van der Waals surface area contributed by atoms with E-state index in [4.69, 9.17) is 4.74 Å². The molecule has 0 spiro atoms. The Balaban J connectivity index is 2.02. The summed E-state index contributed by atoms with van der Waals surface area (Å²) in [6, 6.07) is 9.58. The van der Waals surface area contributed by atoms with Crippen molar-refractivity contribution in [2.75, 3.05) is 26.8 Å². The number of hydrogen-bond donors (Lipinski definition) is 3. The fourth-order valence-corrected chi connectivity index (χ4v) is 2.49. The minimum absolute atomic E-state index is 0.324. The van der Waals surface area contributed by atoms with E-state index >= 15 is 0 Å². The third kappa shape index (κ3) is 6.33. The van der Waals surface area contributed by atoms with Gasteiger partial charge in [-0.1, -0.05) is 30.3 Å². The van der Waals surface area contributed by atoms with Crippen molar-refractivity contribution in [1.29, 1.82) is 0 Å². The van der Waals surface area contributed by atoms with E-state index in [0.29, 0.717) is 32.2 Å². The number of aromatic nitrogens is 3. The molecule has 1 atom stereocenters. The standard InChI is InChI=1S/C19H30N6O2/c1-15-23-24-17(25(15)3)13-21-18(20-11-8-12-27-4)22-14-19(2,26)16-9-6-5-7-10-16/h5-7,9-10,26H,8,11-14H2,1-4H3,(H2,20,21,22). The Morgan fingerprint density at radius 2 is 2.00 bits per heavy atom. The quantitative estimate of drug-likeness (QED) is 0.346. The summed E-state index contributed by atoms with van der Waals surface area (Å²) in [5, 5.41) is 25.5. The Kier molecular flexibility index (Phi) is 7.75. The third-order valence-corrected chi connectivity index (χ3v) is 4.37. The van der Waals surface area contributed by atoms with E-state index in [1.54, 1.807) is 14.0 Å². The molecule has 0 aliphatic heterocycles. The van der Waals surface area contributed by atoms with Gasteiger partial charge in [-0.15, -0.1) is 10.2 Å². The van der Waals surface area contributed by atoms with Crippen molar-refractivity contribution in [2.45, 2.75) is 32.4 Å². The average molecular weight is 374 g/mol. The van der Waals surface area contributed by atoms with Gasteiger partial charge in [0.25, 0.3) is 0 Å². The predicted octanol–water partition coefficient (Wildman–Crippen LogP) is 1.10. The second-order valence-electron chi connectivity index (χ2n) is 6.65. The van der Waals surface area contributed by atoms with Crippen molar-refractivity contribution in [3.63, 3.8) is 0 Å². The van der Waals surface area contributed by atoms with Crippen LogP contribution in [0.5, 0.6) is 0 Å². The van der Waals surface area contributed by atoms with Gasteiger partial charge in [-0.05, 0) is 25.8 Å². The lowest BCUT2D eigenvalue weighted by molar-refractivity contribution is 0.0617. The van der Waals surface area contributed by atoms with Crippen LogP contribution >= 0.6 is 0 Å². The summed E-state index contributed by atoms with van der Waals surface area (Å²) in [5.74, 6) is 2.23. The fourth-order valence-electron chi connectivity index (χ4n) is 2.49. The van der Waals surface area contributed by atoms with Crippen molar-refractivity contribution in [1.82, 2.24) is 25.4 Å². The second kappa shape index (κ2) is 10.0. The first-order valence-electron chi connectivity index (χ1n) is 9.08. The molecule has 3 N–H and O–H groups in total. The molecular weight excluding hydrogens is 344 g/mol. The molecule has 2 rings (SSSR count). The maximum absolute atomic E-state index is 10.8. The lowest BCUT2D eigenvalue weighted by Crippen LogP contribution is -2.45. The molecule has 1 unspecified atom stereocenters. The highest BCUT2D eigenvalue weighted by molar-refractivity contribution is 5.79. The van der Waals surface area contributed by atoms with Crippen LogP contribution < -0.4 is 10.6 Å². The van der Waals surface area contributed by atoms with Gasteiger partial charge in [0.2, 0.25) is 0 Å².